The maximum Gasteiger partial charge on any atom is 0.478 e. The zero-order valence-electron chi connectivity index (χ0n) is 16.2. The Bertz CT molecular complexity index is 637. The van der Waals surface area contributed by atoms with Crippen LogP contribution in [0.2, 0.25) is 0 Å². The predicted molar refractivity (Wildman–Crippen MR) is 107 cm³/mol. The SMILES string of the molecule is CC(=O)O.NCCCCOc1cccc(CC(=O)NC2CC=CCOB2O)c1. The normalized spacial score (nSPS) is 15.8. The Kier molecular flexibility index (Phi) is 11.6. The summed E-state index contributed by atoms with van der Waals surface area (Å²) in [7, 11) is -0.985. The summed E-state index contributed by atoms with van der Waals surface area (Å²) in [6, 6.07) is 7.49. The van der Waals surface area contributed by atoms with Crippen molar-refractivity contribution in [2.45, 2.75) is 38.5 Å². The highest BCUT2D eigenvalue weighted by Gasteiger charge is 2.28. The number of carbonyl (C=O) groups excluding carboxylic acids is 1. The van der Waals surface area contributed by atoms with Gasteiger partial charge in [-0.05, 0) is 43.5 Å². The molecule has 0 aromatic heterocycles. The third kappa shape index (κ3) is 10.7. The van der Waals surface area contributed by atoms with Gasteiger partial charge in [0.15, 0.2) is 0 Å². The summed E-state index contributed by atoms with van der Waals surface area (Å²) in [4.78, 5) is 21.2. The number of rotatable bonds is 8. The van der Waals surface area contributed by atoms with Gasteiger partial charge < -0.3 is 30.6 Å². The molecule has 1 amide bonds. The van der Waals surface area contributed by atoms with Gasteiger partial charge in [-0.1, -0.05) is 24.3 Å². The second kappa shape index (κ2) is 13.8. The lowest BCUT2D eigenvalue weighted by molar-refractivity contribution is -0.134. The average Bonchev–Trinajstić information content (AvgIpc) is 2.83. The Labute approximate surface area is 165 Å². The van der Waals surface area contributed by atoms with Gasteiger partial charge in [0.25, 0.3) is 5.97 Å². The number of carbonyl (C=O) groups is 2. The van der Waals surface area contributed by atoms with Gasteiger partial charge in [-0.25, -0.2) is 0 Å². The number of hydrogen-bond acceptors (Lipinski definition) is 6. The van der Waals surface area contributed by atoms with Crippen molar-refractivity contribution in [2.24, 2.45) is 5.73 Å². The number of benzene rings is 1. The quantitative estimate of drug-likeness (QED) is 0.294. The van der Waals surface area contributed by atoms with E-state index in [2.05, 4.69) is 5.32 Å². The van der Waals surface area contributed by atoms with Gasteiger partial charge in [0, 0.05) is 13.5 Å². The Morgan fingerprint density at radius 2 is 2.11 bits per heavy atom. The Morgan fingerprint density at radius 3 is 2.82 bits per heavy atom. The van der Waals surface area contributed by atoms with Gasteiger partial charge in [0.2, 0.25) is 5.91 Å². The van der Waals surface area contributed by atoms with Gasteiger partial charge in [0.05, 0.1) is 19.0 Å². The van der Waals surface area contributed by atoms with E-state index in [-0.39, 0.29) is 12.3 Å². The molecule has 1 unspecified atom stereocenters. The fraction of sp³-hybridized carbons (Fsp3) is 0.474. The molecule has 0 fully saturated rings. The number of unbranched alkanes of at least 4 members (excludes halogenated alkanes) is 1. The molecular weight excluding hydrogens is 363 g/mol. The molecule has 1 atom stereocenters. The molecule has 0 spiro atoms. The van der Waals surface area contributed by atoms with E-state index in [0.717, 1.165) is 31.1 Å². The van der Waals surface area contributed by atoms with Crippen LogP contribution in [0.3, 0.4) is 0 Å². The second-order valence-corrected chi connectivity index (χ2v) is 6.29. The van der Waals surface area contributed by atoms with Crippen LogP contribution < -0.4 is 15.8 Å². The standard InChI is InChI=1S/C17H25BN2O4.C2H4O2/c19-9-2-4-10-23-15-7-5-6-14(12-15)13-17(21)20-16-8-1-3-11-24-18(16)22;1-2(3)4/h1,3,5-7,12,16,22H,2,4,8-11,13,19H2,(H,20,21);1H3,(H,3,4). The summed E-state index contributed by atoms with van der Waals surface area (Å²) < 4.78 is 10.8. The molecule has 0 aliphatic carbocycles. The Balaban J connectivity index is 0.000000892. The summed E-state index contributed by atoms with van der Waals surface area (Å²) in [5, 5.41) is 20.1. The number of aliphatic carboxylic acids is 1. The van der Waals surface area contributed by atoms with Gasteiger partial charge in [-0.2, -0.15) is 0 Å². The lowest BCUT2D eigenvalue weighted by atomic mass is 9.77. The summed E-state index contributed by atoms with van der Waals surface area (Å²) in [6.45, 7) is 2.72. The van der Waals surface area contributed by atoms with Gasteiger partial charge in [-0.3, -0.25) is 9.59 Å². The summed E-state index contributed by atoms with van der Waals surface area (Å²) in [5.41, 5.74) is 6.32. The maximum absolute atomic E-state index is 12.2. The molecule has 28 heavy (non-hydrogen) atoms. The van der Waals surface area contributed by atoms with E-state index >= 15 is 0 Å². The minimum absolute atomic E-state index is 0.154. The van der Waals surface area contributed by atoms with Crippen molar-refractivity contribution in [3.8, 4) is 5.75 Å². The van der Waals surface area contributed by atoms with E-state index in [4.69, 9.17) is 25.0 Å². The molecular formula is C19H29BN2O6. The highest BCUT2D eigenvalue weighted by atomic mass is 16.5. The lowest BCUT2D eigenvalue weighted by Crippen LogP contribution is -2.47. The maximum atomic E-state index is 12.2. The topological polar surface area (TPSA) is 131 Å². The van der Waals surface area contributed by atoms with Crippen molar-refractivity contribution in [1.29, 1.82) is 0 Å². The number of hydrogen-bond donors (Lipinski definition) is 4. The molecule has 154 valence electrons. The molecule has 0 saturated carbocycles. The summed E-state index contributed by atoms with van der Waals surface area (Å²) in [6.07, 6.45) is 6.36. The van der Waals surface area contributed by atoms with Crippen LogP contribution in [0.5, 0.6) is 5.75 Å². The van der Waals surface area contributed by atoms with E-state index in [0.29, 0.717) is 26.2 Å². The number of nitrogens with two attached hydrogens (primary N) is 1. The van der Waals surface area contributed by atoms with Crippen LogP contribution in [0, 0.1) is 0 Å². The van der Waals surface area contributed by atoms with E-state index < -0.39 is 19.0 Å². The van der Waals surface area contributed by atoms with E-state index in [9.17, 15) is 9.82 Å². The van der Waals surface area contributed by atoms with Crippen molar-refractivity contribution >= 4 is 19.0 Å². The first kappa shape index (κ1) is 23.7. The van der Waals surface area contributed by atoms with Crippen molar-refractivity contribution < 1.29 is 29.1 Å². The van der Waals surface area contributed by atoms with Crippen molar-refractivity contribution in [3.05, 3.63) is 42.0 Å². The average molecular weight is 392 g/mol. The molecule has 1 aromatic rings. The Hall–Kier alpha value is -2.36. The third-order valence-electron chi connectivity index (χ3n) is 3.74. The third-order valence-corrected chi connectivity index (χ3v) is 3.74. The first-order valence-corrected chi connectivity index (χ1v) is 9.27. The number of ether oxygens (including phenoxy) is 1. The number of carboxylic acid groups (broad SMARTS) is 1. The van der Waals surface area contributed by atoms with Crippen molar-refractivity contribution in [1.82, 2.24) is 5.32 Å². The second-order valence-electron chi connectivity index (χ2n) is 6.29. The molecule has 0 bridgehead atoms. The molecule has 1 aliphatic heterocycles. The zero-order valence-corrected chi connectivity index (χ0v) is 16.2. The van der Waals surface area contributed by atoms with E-state index in [1.54, 1.807) is 0 Å². The summed E-state index contributed by atoms with van der Waals surface area (Å²) in [5.74, 6) is -0.664. The molecule has 1 heterocycles. The molecule has 1 aliphatic rings. The number of carboxylic acids is 1. The minimum Gasteiger partial charge on any atom is -0.494 e. The van der Waals surface area contributed by atoms with Crippen LogP contribution in [0.15, 0.2) is 36.4 Å². The first-order chi connectivity index (χ1) is 13.4. The fourth-order valence-corrected chi connectivity index (χ4v) is 2.45. The molecule has 5 N–H and O–H groups in total. The smallest absolute Gasteiger partial charge is 0.478 e. The molecule has 0 saturated heterocycles. The molecule has 2 rings (SSSR count). The van der Waals surface area contributed by atoms with Crippen LogP contribution in [0.4, 0.5) is 0 Å². The predicted octanol–water partition coefficient (Wildman–Crippen LogP) is 0.919. The van der Waals surface area contributed by atoms with Gasteiger partial charge >= 0.3 is 7.12 Å². The molecule has 1 aromatic carbocycles. The van der Waals surface area contributed by atoms with Crippen LogP contribution in [-0.4, -0.2) is 54.8 Å². The van der Waals surface area contributed by atoms with Gasteiger partial charge in [0.1, 0.15) is 5.75 Å². The summed E-state index contributed by atoms with van der Waals surface area (Å²) >= 11 is 0. The van der Waals surface area contributed by atoms with Crippen LogP contribution in [0.1, 0.15) is 31.7 Å². The molecule has 0 radical (unpaired) electrons. The molecule has 8 nitrogen and oxygen atoms in total. The first-order valence-electron chi connectivity index (χ1n) is 9.27. The van der Waals surface area contributed by atoms with Crippen LogP contribution in [-0.2, 0) is 20.7 Å². The number of amides is 1. The lowest BCUT2D eigenvalue weighted by Gasteiger charge is -2.17. The largest absolute Gasteiger partial charge is 0.494 e. The monoisotopic (exact) mass is 392 g/mol. The van der Waals surface area contributed by atoms with E-state index in [1.165, 1.54) is 0 Å². The minimum atomic E-state index is -0.985. The zero-order chi connectivity index (χ0) is 20.8. The van der Waals surface area contributed by atoms with Crippen LogP contribution in [0.25, 0.3) is 0 Å². The van der Waals surface area contributed by atoms with Gasteiger partial charge in [-0.15, -0.1) is 0 Å². The number of nitrogens with one attached hydrogen (secondary N) is 1. The highest BCUT2D eigenvalue weighted by Crippen LogP contribution is 2.14. The molecule has 9 heteroatoms. The fourth-order valence-electron chi connectivity index (χ4n) is 2.45. The van der Waals surface area contributed by atoms with Crippen molar-refractivity contribution in [2.75, 3.05) is 19.8 Å². The van der Waals surface area contributed by atoms with Crippen LogP contribution >= 0.6 is 0 Å². The van der Waals surface area contributed by atoms with Crippen molar-refractivity contribution in [3.63, 3.8) is 0 Å². The van der Waals surface area contributed by atoms with E-state index in [1.807, 2.05) is 36.4 Å². The Morgan fingerprint density at radius 1 is 1.36 bits per heavy atom. The highest BCUT2D eigenvalue weighted by molar-refractivity contribution is 6.45.